The normalized spacial score (nSPS) is 10.2. The first-order valence-corrected chi connectivity index (χ1v) is 5.56. The van der Waals surface area contributed by atoms with Gasteiger partial charge in [0.25, 0.3) is 5.91 Å². The number of carbonyl (C=O) groups is 1. The van der Waals surface area contributed by atoms with Gasteiger partial charge >= 0.3 is 0 Å². The lowest BCUT2D eigenvalue weighted by atomic mass is 10.2. The first kappa shape index (κ1) is 11.6. The summed E-state index contributed by atoms with van der Waals surface area (Å²) in [4.78, 5) is 15.8. The highest BCUT2D eigenvalue weighted by Crippen LogP contribution is 2.17. The molecule has 0 unspecified atom stereocenters. The maximum Gasteiger partial charge on any atom is 0.259 e. The van der Waals surface area contributed by atoms with Crippen molar-refractivity contribution >= 4 is 33.3 Å². The number of nitrogens with zero attached hydrogens (tertiary/aromatic N) is 3. The van der Waals surface area contributed by atoms with Gasteiger partial charge in [0.15, 0.2) is 0 Å². The molecule has 1 amide bonds. The minimum absolute atomic E-state index is 0.189. The van der Waals surface area contributed by atoms with Crippen molar-refractivity contribution in [3.63, 3.8) is 0 Å². The average molecular weight is 296 g/mol. The smallest absolute Gasteiger partial charge is 0.259 e. The molecule has 0 aliphatic carbocycles. The highest BCUT2D eigenvalue weighted by molar-refractivity contribution is 9.10. The zero-order chi connectivity index (χ0) is 12.4. The minimum atomic E-state index is -0.315. The van der Waals surface area contributed by atoms with Crippen LogP contribution in [0.5, 0.6) is 0 Å². The van der Waals surface area contributed by atoms with Crippen molar-refractivity contribution in [2.24, 2.45) is 7.05 Å². The molecule has 7 heteroatoms. The Morgan fingerprint density at radius 2 is 2.29 bits per heavy atom. The van der Waals surface area contributed by atoms with E-state index in [1.807, 2.05) is 0 Å². The van der Waals surface area contributed by atoms with Gasteiger partial charge in [-0.3, -0.25) is 9.48 Å². The third-order valence-corrected chi connectivity index (χ3v) is 2.53. The molecule has 0 aliphatic rings. The molecule has 0 fully saturated rings. The largest absolute Gasteiger partial charge is 0.383 e. The van der Waals surface area contributed by atoms with E-state index in [4.69, 9.17) is 5.73 Å². The zero-order valence-electron chi connectivity index (χ0n) is 9.01. The van der Waals surface area contributed by atoms with E-state index in [-0.39, 0.29) is 11.7 Å². The van der Waals surface area contributed by atoms with E-state index in [0.29, 0.717) is 15.7 Å². The van der Waals surface area contributed by atoms with Crippen LogP contribution in [0.3, 0.4) is 0 Å². The standard InChI is InChI=1S/C10H10BrN5O/c1-16-5-7(4-14-16)15-10(17)8-2-6(11)3-13-9(8)12/h2-5H,1H3,(H2,12,13)(H,15,17). The number of nitrogens with two attached hydrogens (primary N) is 1. The van der Waals surface area contributed by atoms with E-state index in [2.05, 4.69) is 31.3 Å². The molecular formula is C10H10BrN5O. The number of nitrogen functional groups attached to an aromatic ring is 1. The topological polar surface area (TPSA) is 85.8 Å². The molecule has 3 N–H and O–H groups in total. The van der Waals surface area contributed by atoms with Gasteiger partial charge in [0.1, 0.15) is 5.82 Å². The van der Waals surface area contributed by atoms with Crippen molar-refractivity contribution < 1.29 is 4.79 Å². The lowest BCUT2D eigenvalue weighted by Gasteiger charge is -2.05. The Balaban J connectivity index is 2.22. The van der Waals surface area contributed by atoms with Gasteiger partial charge < -0.3 is 11.1 Å². The minimum Gasteiger partial charge on any atom is -0.383 e. The summed E-state index contributed by atoms with van der Waals surface area (Å²) < 4.78 is 2.29. The molecule has 0 aromatic carbocycles. The molecule has 6 nitrogen and oxygen atoms in total. The number of carbonyl (C=O) groups excluding carboxylic acids is 1. The molecule has 2 aromatic rings. The third-order valence-electron chi connectivity index (χ3n) is 2.09. The van der Waals surface area contributed by atoms with Crippen molar-refractivity contribution in [1.29, 1.82) is 0 Å². The highest BCUT2D eigenvalue weighted by Gasteiger charge is 2.12. The number of anilines is 2. The Morgan fingerprint density at radius 3 is 2.94 bits per heavy atom. The van der Waals surface area contributed by atoms with Gasteiger partial charge in [-0.05, 0) is 22.0 Å². The number of aryl methyl sites for hydroxylation is 1. The number of hydrogen-bond donors (Lipinski definition) is 2. The molecular weight excluding hydrogens is 286 g/mol. The van der Waals surface area contributed by atoms with Gasteiger partial charge in [-0.2, -0.15) is 5.10 Å². The molecule has 17 heavy (non-hydrogen) atoms. The maximum absolute atomic E-state index is 11.9. The van der Waals surface area contributed by atoms with Crippen LogP contribution in [0, 0.1) is 0 Å². The summed E-state index contributed by atoms with van der Waals surface area (Å²) in [5.74, 6) is -0.126. The molecule has 88 valence electrons. The first-order valence-electron chi connectivity index (χ1n) is 4.77. The molecule has 0 atom stereocenters. The quantitative estimate of drug-likeness (QED) is 0.877. The van der Waals surface area contributed by atoms with Crippen molar-refractivity contribution in [2.75, 3.05) is 11.1 Å². The van der Waals surface area contributed by atoms with E-state index in [1.165, 1.54) is 6.20 Å². The summed E-state index contributed by atoms with van der Waals surface area (Å²) in [7, 11) is 1.77. The molecule has 0 saturated heterocycles. The number of amides is 1. The SMILES string of the molecule is Cn1cc(NC(=O)c2cc(Br)cnc2N)cn1. The van der Waals surface area contributed by atoms with E-state index < -0.39 is 0 Å². The lowest BCUT2D eigenvalue weighted by molar-refractivity contribution is 0.102. The molecule has 0 radical (unpaired) electrons. The number of aromatic nitrogens is 3. The summed E-state index contributed by atoms with van der Waals surface area (Å²) in [6.07, 6.45) is 4.79. The fourth-order valence-electron chi connectivity index (χ4n) is 1.32. The molecule has 2 aromatic heterocycles. The van der Waals surface area contributed by atoms with Crippen LogP contribution in [0.2, 0.25) is 0 Å². The molecule has 0 aliphatic heterocycles. The second kappa shape index (κ2) is 4.54. The Bertz CT molecular complexity index is 566. The predicted molar refractivity (Wildman–Crippen MR) is 67.5 cm³/mol. The number of halogens is 1. The molecule has 0 bridgehead atoms. The van der Waals surface area contributed by atoms with Gasteiger partial charge in [0.05, 0.1) is 17.4 Å². The lowest BCUT2D eigenvalue weighted by Crippen LogP contribution is -2.14. The molecule has 0 spiro atoms. The van der Waals surface area contributed by atoms with E-state index >= 15 is 0 Å². The van der Waals surface area contributed by atoms with Crippen LogP contribution in [-0.4, -0.2) is 20.7 Å². The third kappa shape index (κ3) is 2.62. The Hall–Kier alpha value is -1.89. The van der Waals surface area contributed by atoms with E-state index in [9.17, 15) is 4.79 Å². The van der Waals surface area contributed by atoms with Crippen molar-refractivity contribution in [2.45, 2.75) is 0 Å². The average Bonchev–Trinajstić information content (AvgIpc) is 2.67. The van der Waals surface area contributed by atoms with Gasteiger partial charge in [-0.25, -0.2) is 4.98 Å². The molecule has 2 heterocycles. The summed E-state index contributed by atoms with van der Waals surface area (Å²) in [6.45, 7) is 0. The summed E-state index contributed by atoms with van der Waals surface area (Å²) >= 11 is 3.24. The van der Waals surface area contributed by atoms with Gasteiger partial charge in [0, 0.05) is 23.9 Å². The number of nitrogens with one attached hydrogen (secondary N) is 1. The van der Waals surface area contributed by atoms with Gasteiger partial charge in [-0.1, -0.05) is 0 Å². The summed E-state index contributed by atoms with van der Waals surface area (Å²) in [6, 6.07) is 1.62. The van der Waals surface area contributed by atoms with Gasteiger partial charge in [0.2, 0.25) is 0 Å². The van der Waals surface area contributed by atoms with Crippen LogP contribution >= 0.6 is 15.9 Å². The predicted octanol–water partition coefficient (Wildman–Crippen LogP) is 1.41. The first-order chi connectivity index (χ1) is 8.06. The van der Waals surface area contributed by atoms with Crippen LogP contribution in [0.15, 0.2) is 29.1 Å². The fraction of sp³-hybridized carbons (Fsp3) is 0.100. The monoisotopic (exact) mass is 295 g/mol. The number of pyridine rings is 1. The van der Waals surface area contributed by atoms with Crippen LogP contribution in [0.1, 0.15) is 10.4 Å². The summed E-state index contributed by atoms with van der Waals surface area (Å²) in [5.41, 5.74) is 6.57. The maximum atomic E-state index is 11.9. The second-order valence-electron chi connectivity index (χ2n) is 3.44. The summed E-state index contributed by atoms with van der Waals surface area (Å²) in [5, 5.41) is 6.63. The van der Waals surface area contributed by atoms with E-state index in [0.717, 1.165) is 0 Å². The van der Waals surface area contributed by atoms with Crippen LogP contribution in [-0.2, 0) is 7.05 Å². The van der Waals surface area contributed by atoms with Crippen molar-refractivity contribution in [1.82, 2.24) is 14.8 Å². The van der Waals surface area contributed by atoms with Gasteiger partial charge in [-0.15, -0.1) is 0 Å². The fourth-order valence-corrected chi connectivity index (χ4v) is 1.65. The zero-order valence-corrected chi connectivity index (χ0v) is 10.6. The Morgan fingerprint density at radius 1 is 1.53 bits per heavy atom. The Labute approximate surface area is 106 Å². The second-order valence-corrected chi connectivity index (χ2v) is 4.36. The van der Waals surface area contributed by atoms with Crippen LogP contribution < -0.4 is 11.1 Å². The van der Waals surface area contributed by atoms with Crippen LogP contribution in [0.4, 0.5) is 11.5 Å². The molecule has 0 saturated carbocycles. The van der Waals surface area contributed by atoms with Crippen molar-refractivity contribution in [3.05, 3.63) is 34.7 Å². The Kier molecular flexibility index (Phi) is 3.10. The number of rotatable bonds is 2. The molecule has 2 rings (SSSR count). The van der Waals surface area contributed by atoms with E-state index in [1.54, 1.807) is 30.2 Å². The highest BCUT2D eigenvalue weighted by atomic mass is 79.9. The van der Waals surface area contributed by atoms with Crippen molar-refractivity contribution in [3.8, 4) is 0 Å². The van der Waals surface area contributed by atoms with Crippen LogP contribution in [0.25, 0.3) is 0 Å². The number of hydrogen-bond acceptors (Lipinski definition) is 4.